The van der Waals surface area contributed by atoms with Crippen LogP contribution in [0.2, 0.25) is 0 Å². The van der Waals surface area contributed by atoms with Crippen LogP contribution >= 0.6 is 0 Å². The molecule has 0 amide bonds. The van der Waals surface area contributed by atoms with Crippen LogP contribution in [-0.2, 0) is 4.74 Å². The van der Waals surface area contributed by atoms with Crippen molar-refractivity contribution in [2.75, 3.05) is 18.9 Å². The maximum Gasteiger partial charge on any atom is 0.121 e. The number of benzene rings is 1. The van der Waals surface area contributed by atoms with E-state index < -0.39 is 0 Å². The fourth-order valence-corrected chi connectivity index (χ4v) is 1.27. The fourth-order valence-electron chi connectivity index (χ4n) is 1.27. The maximum absolute atomic E-state index is 8.72. The highest BCUT2D eigenvalue weighted by Gasteiger charge is 2.05. The Labute approximate surface area is 95.6 Å². The molecule has 16 heavy (non-hydrogen) atoms. The topological polar surface area (TPSA) is 68.3 Å². The van der Waals surface area contributed by atoms with E-state index in [9.17, 15) is 0 Å². The van der Waals surface area contributed by atoms with Crippen LogP contribution in [0.1, 0.15) is 19.4 Å². The Kier molecular flexibility index (Phi) is 4.62. The van der Waals surface area contributed by atoms with Gasteiger partial charge in [-0.2, -0.15) is 5.26 Å². The van der Waals surface area contributed by atoms with Crippen LogP contribution in [0.25, 0.3) is 0 Å². The summed E-state index contributed by atoms with van der Waals surface area (Å²) in [5.41, 5.74) is 6.57. The summed E-state index contributed by atoms with van der Waals surface area (Å²) in [4.78, 5) is 0. The van der Waals surface area contributed by atoms with Crippen molar-refractivity contribution in [1.82, 2.24) is 0 Å². The van der Waals surface area contributed by atoms with E-state index in [1.165, 1.54) is 0 Å². The molecule has 0 saturated heterocycles. The highest BCUT2D eigenvalue weighted by molar-refractivity contribution is 5.57. The average molecular weight is 220 g/mol. The third-order valence-electron chi connectivity index (χ3n) is 2.04. The average Bonchev–Trinajstić information content (AvgIpc) is 2.26. The molecule has 0 spiro atoms. The first-order valence-corrected chi connectivity index (χ1v) is 5.21. The maximum atomic E-state index is 8.72. The Morgan fingerprint density at radius 1 is 1.50 bits per heavy atom. The summed E-state index contributed by atoms with van der Waals surface area (Å²) >= 11 is 0. The van der Waals surface area contributed by atoms with Crippen molar-refractivity contribution in [3.8, 4) is 11.8 Å². The Hall–Kier alpha value is -1.73. The van der Waals surface area contributed by atoms with E-state index in [2.05, 4.69) is 0 Å². The van der Waals surface area contributed by atoms with Crippen molar-refractivity contribution in [3.63, 3.8) is 0 Å². The largest absolute Gasteiger partial charge is 0.488 e. The quantitative estimate of drug-likeness (QED) is 0.770. The first-order valence-electron chi connectivity index (χ1n) is 5.21. The zero-order valence-electron chi connectivity index (χ0n) is 9.56. The summed E-state index contributed by atoms with van der Waals surface area (Å²) in [7, 11) is 0. The van der Waals surface area contributed by atoms with Gasteiger partial charge in [-0.05, 0) is 26.0 Å². The van der Waals surface area contributed by atoms with Gasteiger partial charge in [-0.3, -0.25) is 0 Å². The number of nitriles is 1. The van der Waals surface area contributed by atoms with Gasteiger partial charge in [-0.15, -0.1) is 0 Å². The fraction of sp³-hybridized carbons (Fsp3) is 0.417. The molecule has 4 heteroatoms. The minimum absolute atomic E-state index is 0.0349. The summed E-state index contributed by atoms with van der Waals surface area (Å²) in [5.74, 6) is 0.656. The van der Waals surface area contributed by atoms with Gasteiger partial charge >= 0.3 is 0 Å². The predicted molar refractivity (Wildman–Crippen MR) is 62.2 cm³/mol. The van der Waals surface area contributed by atoms with Gasteiger partial charge in [0.05, 0.1) is 17.9 Å². The number of hydrogen-bond donors (Lipinski definition) is 1. The number of anilines is 1. The van der Waals surface area contributed by atoms with Crippen LogP contribution in [0, 0.1) is 11.3 Å². The smallest absolute Gasteiger partial charge is 0.121 e. The second-order valence-corrected chi connectivity index (χ2v) is 3.45. The summed E-state index contributed by atoms with van der Waals surface area (Å²) in [6.07, 6.45) is -0.0349. The lowest BCUT2D eigenvalue weighted by Gasteiger charge is -2.14. The molecule has 0 aliphatic carbocycles. The Morgan fingerprint density at radius 2 is 2.25 bits per heavy atom. The van der Waals surface area contributed by atoms with Crippen molar-refractivity contribution in [1.29, 1.82) is 5.26 Å². The lowest BCUT2D eigenvalue weighted by molar-refractivity contribution is 0.0657. The molecule has 86 valence electrons. The molecule has 1 unspecified atom stereocenters. The van der Waals surface area contributed by atoms with Gasteiger partial charge in [0.15, 0.2) is 0 Å². The number of nitrogen functional groups attached to an aromatic ring is 1. The first-order chi connectivity index (χ1) is 7.67. The SMILES string of the molecule is CCOCC(C)Oc1ccc(C#N)c(N)c1. The van der Waals surface area contributed by atoms with Crippen LogP contribution in [-0.4, -0.2) is 19.3 Å². The van der Waals surface area contributed by atoms with Crippen LogP contribution in [0.15, 0.2) is 18.2 Å². The molecule has 0 radical (unpaired) electrons. The zero-order valence-corrected chi connectivity index (χ0v) is 9.56. The van der Waals surface area contributed by atoms with Crippen LogP contribution in [0.4, 0.5) is 5.69 Å². The normalized spacial score (nSPS) is 11.8. The van der Waals surface area contributed by atoms with Crippen LogP contribution < -0.4 is 10.5 Å². The minimum Gasteiger partial charge on any atom is -0.488 e. The first kappa shape index (κ1) is 12.3. The molecule has 0 bridgehead atoms. The lowest BCUT2D eigenvalue weighted by Crippen LogP contribution is -2.19. The van der Waals surface area contributed by atoms with E-state index in [-0.39, 0.29) is 6.10 Å². The Morgan fingerprint density at radius 3 is 2.81 bits per heavy atom. The van der Waals surface area contributed by atoms with E-state index in [0.717, 1.165) is 0 Å². The number of nitrogens with zero attached hydrogens (tertiary/aromatic N) is 1. The molecule has 0 aliphatic rings. The van der Waals surface area contributed by atoms with Crippen molar-refractivity contribution in [2.24, 2.45) is 0 Å². The van der Waals surface area contributed by atoms with E-state index in [1.54, 1.807) is 18.2 Å². The molecule has 0 saturated carbocycles. The third kappa shape index (κ3) is 3.44. The van der Waals surface area contributed by atoms with Gasteiger partial charge in [-0.25, -0.2) is 0 Å². The number of nitrogens with two attached hydrogens (primary N) is 1. The number of rotatable bonds is 5. The summed E-state index contributed by atoms with van der Waals surface area (Å²) in [5, 5.41) is 8.72. The van der Waals surface area contributed by atoms with Gasteiger partial charge in [0.25, 0.3) is 0 Å². The van der Waals surface area contributed by atoms with Crippen LogP contribution in [0.3, 0.4) is 0 Å². The van der Waals surface area contributed by atoms with E-state index in [1.807, 2.05) is 19.9 Å². The van der Waals surface area contributed by atoms with Gasteiger partial charge in [0.2, 0.25) is 0 Å². The van der Waals surface area contributed by atoms with E-state index >= 15 is 0 Å². The predicted octanol–water partition coefficient (Wildman–Crippen LogP) is 1.94. The van der Waals surface area contributed by atoms with Crippen molar-refractivity contribution in [2.45, 2.75) is 20.0 Å². The highest BCUT2D eigenvalue weighted by atomic mass is 16.5. The molecule has 4 nitrogen and oxygen atoms in total. The molecule has 0 aromatic heterocycles. The van der Waals surface area contributed by atoms with Gasteiger partial charge in [0, 0.05) is 12.7 Å². The van der Waals surface area contributed by atoms with E-state index in [4.69, 9.17) is 20.5 Å². The summed E-state index contributed by atoms with van der Waals surface area (Å²) < 4.78 is 10.8. The zero-order chi connectivity index (χ0) is 12.0. The molecule has 1 aromatic rings. The third-order valence-corrected chi connectivity index (χ3v) is 2.04. The number of hydrogen-bond acceptors (Lipinski definition) is 4. The van der Waals surface area contributed by atoms with Gasteiger partial charge < -0.3 is 15.2 Å². The monoisotopic (exact) mass is 220 g/mol. The Bertz CT molecular complexity index is 385. The lowest BCUT2D eigenvalue weighted by atomic mass is 10.2. The summed E-state index contributed by atoms with van der Waals surface area (Å²) in [6, 6.07) is 7.04. The molecule has 1 atom stereocenters. The molecular formula is C12H16N2O2. The molecule has 1 rings (SSSR count). The Balaban J connectivity index is 2.61. The molecule has 1 aromatic carbocycles. The molecule has 0 fully saturated rings. The van der Waals surface area contributed by atoms with E-state index in [0.29, 0.717) is 30.2 Å². The van der Waals surface area contributed by atoms with Crippen molar-refractivity contribution < 1.29 is 9.47 Å². The molecule has 0 heterocycles. The molecular weight excluding hydrogens is 204 g/mol. The standard InChI is InChI=1S/C12H16N2O2/c1-3-15-8-9(2)16-11-5-4-10(7-13)12(14)6-11/h4-6,9H,3,8,14H2,1-2H3. The van der Waals surface area contributed by atoms with Crippen molar-refractivity contribution in [3.05, 3.63) is 23.8 Å². The number of ether oxygens (including phenoxy) is 2. The minimum atomic E-state index is -0.0349. The van der Waals surface area contributed by atoms with Gasteiger partial charge in [-0.1, -0.05) is 0 Å². The van der Waals surface area contributed by atoms with Crippen molar-refractivity contribution >= 4 is 5.69 Å². The second kappa shape index (κ2) is 5.99. The highest BCUT2D eigenvalue weighted by Crippen LogP contribution is 2.20. The molecule has 0 aliphatic heterocycles. The molecule has 2 N–H and O–H groups in total. The van der Waals surface area contributed by atoms with Crippen LogP contribution in [0.5, 0.6) is 5.75 Å². The summed E-state index contributed by atoms with van der Waals surface area (Å²) in [6.45, 7) is 5.07. The second-order valence-electron chi connectivity index (χ2n) is 3.45. The van der Waals surface area contributed by atoms with Gasteiger partial charge in [0.1, 0.15) is 17.9 Å².